The molecule has 0 spiro atoms. The largest absolute Gasteiger partial charge is 0.293 e. The summed E-state index contributed by atoms with van der Waals surface area (Å²) < 4.78 is 1.97. The van der Waals surface area contributed by atoms with Crippen molar-refractivity contribution < 1.29 is 0 Å². The molecule has 1 aromatic heterocycles. The fourth-order valence-corrected chi connectivity index (χ4v) is 2.18. The monoisotopic (exact) mass is 227 g/mol. The van der Waals surface area contributed by atoms with Crippen molar-refractivity contribution in [3.8, 4) is 0 Å². The van der Waals surface area contributed by atoms with E-state index in [1.54, 1.807) is 0 Å². The van der Waals surface area contributed by atoms with E-state index in [-0.39, 0.29) is 0 Å². The predicted molar refractivity (Wildman–Crippen MR) is 62.1 cm³/mol. The van der Waals surface area contributed by atoms with Crippen LogP contribution in [0.3, 0.4) is 0 Å². The van der Waals surface area contributed by atoms with Crippen molar-refractivity contribution in [3.05, 3.63) is 17.5 Å². The van der Waals surface area contributed by atoms with Crippen LogP contribution < -0.4 is 0 Å². The van der Waals surface area contributed by atoms with Crippen LogP contribution >= 0.6 is 11.6 Å². The minimum absolute atomic E-state index is 0.716. The Morgan fingerprint density at radius 1 is 1.60 bits per heavy atom. The molecule has 84 valence electrons. The summed E-state index contributed by atoms with van der Waals surface area (Å²) in [6.07, 6.45) is 2.65. The molecule has 0 saturated heterocycles. The molecule has 0 amide bonds. The lowest BCUT2D eigenvalue weighted by Crippen LogP contribution is -2.28. The van der Waals surface area contributed by atoms with Gasteiger partial charge in [0, 0.05) is 32.1 Å². The molecule has 1 fully saturated rings. The molecule has 0 aliphatic heterocycles. The van der Waals surface area contributed by atoms with E-state index in [0.717, 1.165) is 24.8 Å². The van der Waals surface area contributed by atoms with Crippen LogP contribution in [-0.4, -0.2) is 33.1 Å². The Balaban J connectivity index is 2.01. The maximum Gasteiger partial charge on any atom is 0.0597 e. The zero-order valence-corrected chi connectivity index (χ0v) is 10.2. The lowest BCUT2D eigenvalue weighted by molar-refractivity contribution is 0.263. The highest BCUT2D eigenvalue weighted by molar-refractivity contribution is 6.18. The van der Waals surface area contributed by atoms with E-state index in [9.17, 15) is 0 Å². The van der Waals surface area contributed by atoms with Gasteiger partial charge in [-0.1, -0.05) is 0 Å². The summed E-state index contributed by atoms with van der Waals surface area (Å²) in [5.74, 6) is 0.716. The van der Waals surface area contributed by atoms with E-state index in [0.29, 0.717) is 5.88 Å². The Kier molecular flexibility index (Phi) is 3.32. The van der Waals surface area contributed by atoms with Crippen molar-refractivity contribution in [2.45, 2.75) is 32.4 Å². The van der Waals surface area contributed by atoms with Crippen molar-refractivity contribution >= 4 is 11.6 Å². The molecule has 1 heterocycles. The quantitative estimate of drug-likeness (QED) is 0.717. The van der Waals surface area contributed by atoms with Crippen LogP contribution in [0.15, 0.2) is 6.07 Å². The third-order valence-electron chi connectivity index (χ3n) is 2.90. The number of halogens is 1. The average Bonchev–Trinajstić information content (AvgIpc) is 2.94. The first-order valence-corrected chi connectivity index (χ1v) is 6.03. The average molecular weight is 228 g/mol. The Bertz CT molecular complexity index is 331. The highest BCUT2D eigenvalue weighted by Crippen LogP contribution is 2.28. The second-order valence-corrected chi connectivity index (χ2v) is 4.67. The Morgan fingerprint density at radius 2 is 2.33 bits per heavy atom. The van der Waals surface area contributed by atoms with Crippen LogP contribution in [0.4, 0.5) is 0 Å². The third kappa shape index (κ3) is 2.73. The van der Waals surface area contributed by atoms with E-state index >= 15 is 0 Å². The van der Waals surface area contributed by atoms with Crippen molar-refractivity contribution in [2.24, 2.45) is 7.05 Å². The van der Waals surface area contributed by atoms with Crippen molar-refractivity contribution in [2.75, 3.05) is 12.4 Å². The molecule has 0 N–H and O–H groups in total. The van der Waals surface area contributed by atoms with Gasteiger partial charge in [-0.25, -0.2) is 0 Å². The Hall–Kier alpha value is -0.540. The van der Waals surface area contributed by atoms with E-state index in [4.69, 9.17) is 11.6 Å². The van der Waals surface area contributed by atoms with Crippen molar-refractivity contribution in [1.29, 1.82) is 0 Å². The number of alkyl halides is 1. The van der Waals surface area contributed by atoms with Crippen LogP contribution in [0.1, 0.15) is 24.2 Å². The van der Waals surface area contributed by atoms with Gasteiger partial charge >= 0.3 is 0 Å². The molecule has 1 aromatic rings. The molecule has 0 bridgehead atoms. The van der Waals surface area contributed by atoms with E-state index in [1.807, 2.05) is 18.7 Å². The Morgan fingerprint density at radius 3 is 2.80 bits per heavy atom. The number of hydrogen-bond donors (Lipinski definition) is 0. The number of hydrogen-bond acceptors (Lipinski definition) is 2. The van der Waals surface area contributed by atoms with E-state index in [1.165, 1.54) is 18.5 Å². The molecule has 0 atom stereocenters. The Labute approximate surface area is 96.0 Å². The predicted octanol–water partition coefficient (Wildman–Crippen LogP) is 1.93. The highest BCUT2D eigenvalue weighted by atomic mass is 35.5. The molecule has 4 heteroatoms. The van der Waals surface area contributed by atoms with Crippen LogP contribution in [0, 0.1) is 6.92 Å². The molecule has 1 saturated carbocycles. The fourth-order valence-electron chi connectivity index (χ4n) is 1.96. The van der Waals surface area contributed by atoms with Gasteiger partial charge in [-0.05, 0) is 25.8 Å². The molecule has 1 aliphatic carbocycles. The zero-order chi connectivity index (χ0) is 10.8. The second-order valence-electron chi connectivity index (χ2n) is 4.29. The molecule has 15 heavy (non-hydrogen) atoms. The minimum atomic E-state index is 0.716. The lowest BCUT2D eigenvalue weighted by Gasteiger charge is -2.20. The number of nitrogens with zero attached hydrogens (tertiary/aromatic N) is 3. The van der Waals surface area contributed by atoms with Gasteiger partial charge in [-0.15, -0.1) is 11.6 Å². The summed E-state index contributed by atoms with van der Waals surface area (Å²) in [4.78, 5) is 2.46. The molecule has 0 unspecified atom stereocenters. The summed E-state index contributed by atoms with van der Waals surface area (Å²) in [5.41, 5.74) is 2.37. The zero-order valence-electron chi connectivity index (χ0n) is 9.41. The first-order valence-electron chi connectivity index (χ1n) is 5.50. The normalized spacial score (nSPS) is 16.3. The number of rotatable bonds is 5. The van der Waals surface area contributed by atoms with E-state index in [2.05, 4.69) is 16.1 Å². The first kappa shape index (κ1) is 11.0. The van der Waals surface area contributed by atoms with Crippen LogP contribution in [-0.2, 0) is 13.6 Å². The van der Waals surface area contributed by atoms with Gasteiger partial charge in [0.25, 0.3) is 0 Å². The van der Waals surface area contributed by atoms with Gasteiger partial charge in [-0.2, -0.15) is 5.10 Å². The third-order valence-corrected chi connectivity index (χ3v) is 3.07. The lowest BCUT2D eigenvalue weighted by atomic mass is 10.3. The highest BCUT2D eigenvalue weighted by Gasteiger charge is 2.28. The van der Waals surface area contributed by atoms with E-state index < -0.39 is 0 Å². The molecule has 1 aliphatic rings. The smallest absolute Gasteiger partial charge is 0.0597 e. The molecule has 2 rings (SSSR count). The van der Waals surface area contributed by atoms with Crippen molar-refractivity contribution in [1.82, 2.24) is 14.7 Å². The molecule has 0 aromatic carbocycles. The van der Waals surface area contributed by atoms with Gasteiger partial charge in [-0.3, -0.25) is 9.58 Å². The summed E-state index contributed by atoms with van der Waals surface area (Å²) in [7, 11) is 2.01. The molecular weight excluding hydrogens is 210 g/mol. The standard InChI is InChI=1S/C11H18ClN3/c1-9-7-11(14(2)13-9)8-15(6-5-12)10-3-4-10/h7,10H,3-6,8H2,1-2H3. The van der Waals surface area contributed by atoms with Crippen LogP contribution in [0.5, 0.6) is 0 Å². The van der Waals surface area contributed by atoms with Crippen LogP contribution in [0.25, 0.3) is 0 Å². The molecule has 0 radical (unpaired) electrons. The number of aryl methyl sites for hydroxylation is 2. The maximum absolute atomic E-state index is 5.82. The van der Waals surface area contributed by atoms with Gasteiger partial charge < -0.3 is 0 Å². The van der Waals surface area contributed by atoms with Gasteiger partial charge in [0.15, 0.2) is 0 Å². The fraction of sp³-hybridized carbons (Fsp3) is 0.727. The van der Waals surface area contributed by atoms with Crippen molar-refractivity contribution in [3.63, 3.8) is 0 Å². The SMILES string of the molecule is Cc1cc(CN(CCCl)C2CC2)n(C)n1. The second kappa shape index (κ2) is 4.54. The first-order chi connectivity index (χ1) is 7.20. The van der Waals surface area contributed by atoms with Gasteiger partial charge in [0.05, 0.1) is 11.4 Å². The summed E-state index contributed by atoms with van der Waals surface area (Å²) >= 11 is 5.82. The number of aromatic nitrogens is 2. The summed E-state index contributed by atoms with van der Waals surface area (Å²) in [6, 6.07) is 2.92. The topological polar surface area (TPSA) is 21.1 Å². The molecule has 3 nitrogen and oxygen atoms in total. The minimum Gasteiger partial charge on any atom is -0.293 e. The van der Waals surface area contributed by atoms with Gasteiger partial charge in [0.1, 0.15) is 0 Å². The van der Waals surface area contributed by atoms with Crippen LogP contribution in [0.2, 0.25) is 0 Å². The maximum atomic E-state index is 5.82. The molecular formula is C11H18ClN3. The van der Waals surface area contributed by atoms with Gasteiger partial charge in [0.2, 0.25) is 0 Å². The summed E-state index contributed by atoms with van der Waals surface area (Å²) in [6.45, 7) is 4.00. The summed E-state index contributed by atoms with van der Waals surface area (Å²) in [5, 5.41) is 4.36.